The van der Waals surface area contributed by atoms with Gasteiger partial charge in [0.1, 0.15) is 5.75 Å². The van der Waals surface area contributed by atoms with E-state index in [0.717, 1.165) is 54.3 Å². The number of aromatic nitrogens is 3. The Labute approximate surface area is 193 Å². The van der Waals surface area contributed by atoms with Crippen LogP contribution in [0.25, 0.3) is 16.9 Å². The Balaban J connectivity index is 1.33. The van der Waals surface area contributed by atoms with Crippen LogP contribution in [0.3, 0.4) is 0 Å². The Morgan fingerprint density at radius 2 is 1.73 bits per heavy atom. The summed E-state index contributed by atoms with van der Waals surface area (Å²) in [6.07, 6.45) is 2.15. The minimum atomic E-state index is 0.100. The van der Waals surface area contributed by atoms with Crippen LogP contribution in [0.2, 0.25) is 0 Å². The molecular formula is C26H27N5O2. The van der Waals surface area contributed by atoms with Gasteiger partial charge in [0.15, 0.2) is 5.65 Å². The monoisotopic (exact) mass is 441 g/mol. The Morgan fingerprint density at radius 3 is 2.42 bits per heavy atom. The molecule has 1 N–H and O–H groups in total. The minimum Gasteiger partial charge on any atom is -0.497 e. The zero-order chi connectivity index (χ0) is 22.8. The lowest BCUT2D eigenvalue weighted by atomic mass is 9.98. The summed E-state index contributed by atoms with van der Waals surface area (Å²) >= 11 is 0. The van der Waals surface area contributed by atoms with Gasteiger partial charge >= 0.3 is 0 Å². The predicted molar refractivity (Wildman–Crippen MR) is 129 cm³/mol. The van der Waals surface area contributed by atoms with Gasteiger partial charge < -0.3 is 15.0 Å². The number of pyridine rings is 1. The molecule has 0 spiro atoms. The van der Waals surface area contributed by atoms with Crippen LogP contribution in [0.15, 0.2) is 66.7 Å². The number of likely N-dealkylation sites (tertiary alicyclic amines) is 1. The highest BCUT2D eigenvalue weighted by atomic mass is 16.5. The molecule has 7 heteroatoms. The number of hydrogen-bond donors (Lipinski definition) is 1. The third-order valence-corrected chi connectivity index (χ3v) is 6.20. The summed E-state index contributed by atoms with van der Waals surface area (Å²) in [6, 6.07) is 21.3. The number of fused-ring (bicyclic) bond motifs is 1. The molecule has 1 saturated heterocycles. The molecule has 4 aromatic rings. The van der Waals surface area contributed by atoms with E-state index in [9.17, 15) is 4.79 Å². The highest BCUT2D eigenvalue weighted by molar-refractivity contribution is 5.94. The molecule has 0 bridgehead atoms. The average Bonchev–Trinajstić information content (AvgIpc) is 3.27. The summed E-state index contributed by atoms with van der Waals surface area (Å²) in [5.74, 6) is 2.11. The van der Waals surface area contributed by atoms with Gasteiger partial charge in [-0.1, -0.05) is 13.0 Å². The van der Waals surface area contributed by atoms with Gasteiger partial charge in [0.25, 0.3) is 5.91 Å². The lowest BCUT2D eigenvalue weighted by molar-refractivity contribution is 0.0697. The van der Waals surface area contributed by atoms with Gasteiger partial charge in [0.2, 0.25) is 5.95 Å². The van der Waals surface area contributed by atoms with E-state index in [0.29, 0.717) is 17.4 Å². The van der Waals surface area contributed by atoms with Crippen molar-refractivity contribution in [2.75, 3.05) is 25.5 Å². The molecule has 3 heterocycles. The zero-order valence-corrected chi connectivity index (χ0v) is 18.9. The maximum Gasteiger partial charge on any atom is 0.253 e. The van der Waals surface area contributed by atoms with Crippen molar-refractivity contribution in [3.63, 3.8) is 0 Å². The quantitative estimate of drug-likeness (QED) is 0.471. The molecule has 2 aromatic carbocycles. The van der Waals surface area contributed by atoms with Crippen LogP contribution in [-0.4, -0.2) is 45.6 Å². The second-order valence-corrected chi connectivity index (χ2v) is 8.52. The van der Waals surface area contributed by atoms with Crippen molar-refractivity contribution >= 4 is 23.2 Å². The smallest absolute Gasteiger partial charge is 0.253 e. The summed E-state index contributed by atoms with van der Waals surface area (Å²) in [7, 11) is 1.65. The summed E-state index contributed by atoms with van der Waals surface area (Å²) in [6.45, 7) is 3.92. The van der Waals surface area contributed by atoms with Gasteiger partial charge in [-0.3, -0.25) is 4.79 Å². The van der Waals surface area contributed by atoms with E-state index in [1.54, 1.807) is 7.11 Å². The highest BCUT2D eigenvalue weighted by Crippen LogP contribution is 2.25. The Kier molecular flexibility index (Phi) is 5.69. The van der Waals surface area contributed by atoms with Gasteiger partial charge in [-0.05, 0) is 79.4 Å². The van der Waals surface area contributed by atoms with Gasteiger partial charge in [-0.15, -0.1) is 5.10 Å². The molecule has 0 atom stereocenters. The number of hydrogen-bond acceptors (Lipinski definition) is 5. The first-order valence-corrected chi connectivity index (χ1v) is 11.3. The third-order valence-electron chi connectivity index (χ3n) is 6.20. The van der Waals surface area contributed by atoms with Crippen molar-refractivity contribution in [1.82, 2.24) is 19.5 Å². The van der Waals surface area contributed by atoms with E-state index in [4.69, 9.17) is 4.74 Å². The van der Waals surface area contributed by atoms with Gasteiger partial charge in [-0.2, -0.15) is 4.98 Å². The number of nitrogens with zero attached hydrogens (tertiary/aromatic N) is 4. The van der Waals surface area contributed by atoms with Crippen LogP contribution in [0, 0.1) is 5.92 Å². The van der Waals surface area contributed by atoms with Crippen LogP contribution in [-0.2, 0) is 0 Å². The lowest BCUT2D eigenvalue weighted by Crippen LogP contribution is -2.37. The second-order valence-electron chi connectivity index (χ2n) is 8.52. The van der Waals surface area contributed by atoms with E-state index in [1.165, 1.54) is 0 Å². The van der Waals surface area contributed by atoms with Gasteiger partial charge in [-0.25, -0.2) is 4.52 Å². The average molecular weight is 442 g/mol. The van der Waals surface area contributed by atoms with Crippen LogP contribution in [0.5, 0.6) is 5.75 Å². The SMILES string of the molecule is COc1ccc(-c2cccc3nc(Nc4ccc(C(=O)N5CCC(C)CC5)cc4)nn23)cc1. The van der Waals surface area contributed by atoms with Crippen molar-refractivity contribution in [3.05, 3.63) is 72.3 Å². The molecular weight excluding hydrogens is 414 g/mol. The van der Waals surface area contributed by atoms with Crippen LogP contribution < -0.4 is 10.1 Å². The van der Waals surface area contributed by atoms with E-state index in [2.05, 4.69) is 22.3 Å². The first kappa shape index (κ1) is 21.0. The Hall–Kier alpha value is -3.87. The van der Waals surface area contributed by atoms with Crippen molar-refractivity contribution in [2.24, 2.45) is 5.92 Å². The Morgan fingerprint density at radius 1 is 1.00 bits per heavy atom. The van der Waals surface area contributed by atoms with Gasteiger partial charge in [0, 0.05) is 29.9 Å². The number of carbonyl (C=O) groups excluding carboxylic acids is 1. The van der Waals surface area contributed by atoms with E-state index < -0.39 is 0 Å². The van der Waals surface area contributed by atoms with Crippen molar-refractivity contribution in [2.45, 2.75) is 19.8 Å². The molecule has 0 saturated carbocycles. The molecule has 0 unspecified atom stereocenters. The molecule has 5 rings (SSSR count). The lowest BCUT2D eigenvalue weighted by Gasteiger charge is -2.30. The van der Waals surface area contributed by atoms with E-state index >= 15 is 0 Å². The normalized spacial score (nSPS) is 14.4. The standard InChI is InChI=1S/C26H27N5O2/c1-18-14-16-30(17-15-18)25(32)20-6-10-21(11-7-20)27-26-28-24-5-3-4-23(31(24)29-26)19-8-12-22(33-2)13-9-19/h3-13,18H,14-17H2,1-2H3,(H,27,29). The number of piperidine rings is 1. The third kappa shape index (κ3) is 4.39. The number of carbonyl (C=O) groups is 1. The van der Waals surface area contributed by atoms with E-state index in [1.807, 2.05) is 76.1 Å². The van der Waals surface area contributed by atoms with Crippen LogP contribution in [0.4, 0.5) is 11.6 Å². The molecule has 1 fully saturated rings. The maximum absolute atomic E-state index is 12.8. The summed E-state index contributed by atoms with van der Waals surface area (Å²) in [5.41, 5.74) is 4.25. The molecule has 1 aliphatic heterocycles. The topological polar surface area (TPSA) is 71.8 Å². The molecule has 7 nitrogen and oxygen atoms in total. The van der Waals surface area contributed by atoms with Crippen LogP contribution in [0.1, 0.15) is 30.1 Å². The first-order chi connectivity index (χ1) is 16.1. The molecule has 33 heavy (non-hydrogen) atoms. The number of nitrogens with one attached hydrogen (secondary N) is 1. The molecule has 1 aliphatic rings. The number of benzene rings is 2. The highest BCUT2D eigenvalue weighted by Gasteiger charge is 2.21. The number of amides is 1. The fraction of sp³-hybridized carbons (Fsp3) is 0.269. The summed E-state index contributed by atoms with van der Waals surface area (Å²) in [4.78, 5) is 19.3. The van der Waals surface area contributed by atoms with Crippen molar-refractivity contribution < 1.29 is 9.53 Å². The number of anilines is 2. The predicted octanol–water partition coefficient (Wildman–Crippen LogP) is 5.02. The molecule has 0 aliphatic carbocycles. The molecule has 2 aromatic heterocycles. The number of ether oxygens (including phenoxy) is 1. The van der Waals surface area contributed by atoms with Gasteiger partial charge in [0.05, 0.1) is 12.8 Å². The first-order valence-electron chi connectivity index (χ1n) is 11.3. The number of rotatable bonds is 5. The number of methoxy groups -OCH3 is 1. The zero-order valence-electron chi connectivity index (χ0n) is 18.9. The molecule has 168 valence electrons. The molecule has 1 amide bonds. The minimum absolute atomic E-state index is 0.100. The Bertz CT molecular complexity index is 1260. The second kappa shape index (κ2) is 8.94. The fourth-order valence-corrected chi connectivity index (χ4v) is 4.16. The molecule has 0 radical (unpaired) electrons. The van der Waals surface area contributed by atoms with Crippen molar-refractivity contribution in [1.29, 1.82) is 0 Å². The summed E-state index contributed by atoms with van der Waals surface area (Å²) < 4.78 is 7.08. The maximum atomic E-state index is 12.8. The van der Waals surface area contributed by atoms with Crippen molar-refractivity contribution in [3.8, 4) is 17.0 Å². The fourth-order valence-electron chi connectivity index (χ4n) is 4.16. The van der Waals surface area contributed by atoms with Crippen LogP contribution >= 0.6 is 0 Å². The van der Waals surface area contributed by atoms with E-state index in [-0.39, 0.29) is 5.91 Å². The summed E-state index contributed by atoms with van der Waals surface area (Å²) in [5, 5.41) is 7.91. The largest absolute Gasteiger partial charge is 0.497 e.